The molecule has 0 fully saturated rings. The van der Waals surface area contributed by atoms with Crippen molar-refractivity contribution >= 4 is 11.9 Å². The molecule has 0 amide bonds. The van der Waals surface area contributed by atoms with Crippen LogP contribution in [0.25, 0.3) is 0 Å². The molecule has 0 unspecified atom stereocenters. The summed E-state index contributed by atoms with van der Waals surface area (Å²) in [7, 11) is 0. The Labute approximate surface area is 56.4 Å². The van der Waals surface area contributed by atoms with Crippen LogP contribution in [-0.4, -0.2) is 16.2 Å². The molecule has 3 N–H and O–H groups in total. The van der Waals surface area contributed by atoms with E-state index in [1.54, 1.807) is 0 Å². The van der Waals surface area contributed by atoms with Gasteiger partial charge in [0.15, 0.2) is 0 Å². The Balaban J connectivity index is 2.74. The molecule has 5 heteroatoms. The van der Waals surface area contributed by atoms with Crippen LogP contribution in [0.3, 0.4) is 0 Å². The molecule has 10 heavy (non-hydrogen) atoms. The van der Waals surface area contributed by atoms with Crippen molar-refractivity contribution < 1.29 is 14.4 Å². The van der Waals surface area contributed by atoms with Gasteiger partial charge in [-0.05, 0) is 0 Å². The number of carboxylic acids is 1. The number of rotatable bonds is 2. The summed E-state index contributed by atoms with van der Waals surface area (Å²) in [4.78, 5) is 10.1. The second-order valence-corrected chi connectivity index (χ2v) is 1.79. The zero-order valence-electron chi connectivity index (χ0n) is 5.07. The minimum Gasteiger partial charge on any atom is -0.481 e. The fourth-order valence-corrected chi connectivity index (χ4v) is 0.565. The molecular formula is C5H6N2O3. The SMILES string of the molecule is Nc1oncc1CC(=O)O. The van der Waals surface area contributed by atoms with Gasteiger partial charge in [0, 0.05) is 5.56 Å². The van der Waals surface area contributed by atoms with Crippen LogP contribution in [0.4, 0.5) is 5.88 Å². The van der Waals surface area contributed by atoms with Crippen LogP contribution in [0, 0.1) is 0 Å². The number of nitrogen functional groups attached to an aromatic ring is 1. The normalized spacial score (nSPS) is 9.60. The van der Waals surface area contributed by atoms with Gasteiger partial charge < -0.3 is 15.4 Å². The van der Waals surface area contributed by atoms with Crippen LogP contribution in [0.15, 0.2) is 10.7 Å². The number of nitrogens with two attached hydrogens (primary N) is 1. The minimum absolute atomic E-state index is 0.0717. The predicted octanol–water partition coefficient (Wildman–Crippen LogP) is -0.116. The van der Waals surface area contributed by atoms with E-state index < -0.39 is 5.97 Å². The van der Waals surface area contributed by atoms with E-state index in [0.29, 0.717) is 5.56 Å². The zero-order chi connectivity index (χ0) is 7.56. The topological polar surface area (TPSA) is 89.4 Å². The van der Waals surface area contributed by atoms with Crippen molar-refractivity contribution in [1.82, 2.24) is 5.16 Å². The minimum atomic E-state index is -0.949. The van der Waals surface area contributed by atoms with Crippen molar-refractivity contribution in [2.75, 3.05) is 5.73 Å². The molecule has 0 aromatic carbocycles. The maximum absolute atomic E-state index is 10.1. The number of anilines is 1. The Kier molecular flexibility index (Phi) is 1.57. The van der Waals surface area contributed by atoms with Crippen LogP contribution in [0.5, 0.6) is 0 Å². The lowest BCUT2D eigenvalue weighted by atomic mass is 10.2. The van der Waals surface area contributed by atoms with Gasteiger partial charge in [0.25, 0.3) is 0 Å². The van der Waals surface area contributed by atoms with Crippen molar-refractivity contribution in [2.45, 2.75) is 6.42 Å². The molecular weight excluding hydrogens is 136 g/mol. The van der Waals surface area contributed by atoms with E-state index in [1.165, 1.54) is 6.20 Å². The van der Waals surface area contributed by atoms with Gasteiger partial charge in [0.1, 0.15) is 0 Å². The molecule has 54 valence electrons. The lowest BCUT2D eigenvalue weighted by Crippen LogP contribution is -2.00. The van der Waals surface area contributed by atoms with Gasteiger partial charge in [0.05, 0.1) is 12.6 Å². The molecule has 0 atom stereocenters. The number of hydrogen-bond donors (Lipinski definition) is 2. The number of nitrogens with zero attached hydrogens (tertiary/aromatic N) is 1. The van der Waals surface area contributed by atoms with E-state index in [-0.39, 0.29) is 12.3 Å². The molecule has 1 heterocycles. The second-order valence-electron chi connectivity index (χ2n) is 1.79. The first kappa shape index (κ1) is 6.60. The third-order valence-electron chi connectivity index (χ3n) is 1.02. The van der Waals surface area contributed by atoms with Gasteiger partial charge in [0.2, 0.25) is 5.88 Å². The van der Waals surface area contributed by atoms with E-state index in [9.17, 15) is 4.79 Å². The monoisotopic (exact) mass is 142 g/mol. The number of carbonyl (C=O) groups is 1. The molecule has 0 aliphatic rings. The molecule has 0 bridgehead atoms. The smallest absolute Gasteiger partial charge is 0.308 e. The zero-order valence-corrected chi connectivity index (χ0v) is 5.07. The molecule has 0 radical (unpaired) electrons. The van der Waals surface area contributed by atoms with Crippen molar-refractivity contribution in [1.29, 1.82) is 0 Å². The Morgan fingerprint density at radius 3 is 3.00 bits per heavy atom. The molecule has 0 saturated heterocycles. The standard InChI is InChI=1S/C5H6N2O3/c6-5-3(1-4(8)9)2-7-10-5/h2H,1,6H2,(H,8,9). The highest BCUT2D eigenvalue weighted by Crippen LogP contribution is 2.09. The van der Waals surface area contributed by atoms with Crippen LogP contribution >= 0.6 is 0 Å². The summed E-state index contributed by atoms with van der Waals surface area (Å²) in [5.74, 6) is -0.877. The van der Waals surface area contributed by atoms with E-state index in [0.717, 1.165) is 0 Å². The second kappa shape index (κ2) is 2.38. The summed E-state index contributed by atoms with van der Waals surface area (Å²) in [6.07, 6.45) is 1.15. The summed E-state index contributed by atoms with van der Waals surface area (Å²) in [6, 6.07) is 0. The average Bonchev–Trinajstić information content (AvgIpc) is 2.15. The maximum atomic E-state index is 10.1. The molecule has 5 nitrogen and oxygen atoms in total. The summed E-state index contributed by atoms with van der Waals surface area (Å²) < 4.78 is 4.43. The lowest BCUT2D eigenvalue weighted by molar-refractivity contribution is -0.136. The van der Waals surface area contributed by atoms with Gasteiger partial charge in [-0.1, -0.05) is 5.16 Å². The molecule has 1 aromatic rings. The highest BCUT2D eigenvalue weighted by Gasteiger charge is 2.07. The number of hydrogen-bond acceptors (Lipinski definition) is 4. The third-order valence-corrected chi connectivity index (χ3v) is 1.02. The fourth-order valence-electron chi connectivity index (χ4n) is 0.565. The molecule has 1 aromatic heterocycles. The summed E-state index contributed by atoms with van der Waals surface area (Å²) >= 11 is 0. The Morgan fingerprint density at radius 1 is 1.90 bits per heavy atom. The summed E-state index contributed by atoms with van der Waals surface area (Å²) in [5.41, 5.74) is 5.61. The van der Waals surface area contributed by atoms with Gasteiger partial charge in [-0.15, -0.1) is 0 Å². The first-order chi connectivity index (χ1) is 4.70. The largest absolute Gasteiger partial charge is 0.481 e. The average molecular weight is 142 g/mol. The number of aromatic nitrogens is 1. The Hall–Kier alpha value is -1.52. The van der Waals surface area contributed by atoms with Crippen LogP contribution in [0.2, 0.25) is 0 Å². The molecule has 1 rings (SSSR count). The van der Waals surface area contributed by atoms with E-state index in [2.05, 4.69) is 9.68 Å². The maximum Gasteiger partial charge on any atom is 0.308 e. The van der Waals surface area contributed by atoms with Crippen LogP contribution in [-0.2, 0) is 11.2 Å². The van der Waals surface area contributed by atoms with E-state index >= 15 is 0 Å². The molecule has 0 saturated carbocycles. The van der Waals surface area contributed by atoms with Crippen LogP contribution < -0.4 is 5.73 Å². The Morgan fingerprint density at radius 2 is 2.60 bits per heavy atom. The Bertz CT molecular complexity index is 243. The highest BCUT2D eigenvalue weighted by molar-refractivity contribution is 5.71. The number of aliphatic carboxylic acids is 1. The summed E-state index contributed by atoms with van der Waals surface area (Å²) in [6.45, 7) is 0. The van der Waals surface area contributed by atoms with Crippen molar-refractivity contribution in [3.8, 4) is 0 Å². The van der Waals surface area contributed by atoms with E-state index in [1.807, 2.05) is 0 Å². The molecule has 0 aliphatic heterocycles. The summed E-state index contributed by atoms with van der Waals surface area (Å²) in [5, 5.41) is 11.6. The predicted molar refractivity (Wildman–Crippen MR) is 32.3 cm³/mol. The van der Waals surface area contributed by atoms with Gasteiger partial charge in [-0.2, -0.15) is 0 Å². The highest BCUT2D eigenvalue weighted by atomic mass is 16.5. The van der Waals surface area contributed by atoms with E-state index in [4.69, 9.17) is 10.8 Å². The quantitative estimate of drug-likeness (QED) is 0.601. The van der Waals surface area contributed by atoms with Crippen LogP contribution in [0.1, 0.15) is 5.56 Å². The molecule has 0 spiro atoms. The fraction of sp³-hybridized carbons (Fsp3) is 0.200. The van der Waals surface area contributed by atoms with Gasteiger partial charge in [-0.3, -0.25) is 4.79 Å². The third kappa shape index (κ3) is 1.25. The number of carboxylic acid groups (broad SMARTS) is 1. The van der Waals surface area contributed by atoms with Crippen molar-refractivity contribution in [3.05, 3.63) is 11.8 Å². The first-order valence-electron chi connectivity index (χ1n) is 2.61. The molecule has 0 aliphatic carbocycles. The van der Waals surface area contributed by atoms with Gasteiger partial charge in [-0.25, -0.2) is 0 Å². The lowest BCUT2D eigenvalue weighted by Gasteiger charge is -1.87. The first-order valence-corrected chi connectivity index (χ1v) is 2.61. The van der Waals surface area contributed by atoms with Crippen molar-refractivity contribution in [2.24, 2.45) is 0 Å². The van der Waals surface area contributed by atoms with Gasteiger partial charge >= 0.3 is 5.97 Å². The van der Waals surface area contributed by atoms with Crippen molar-refractivity contribution in [3.63, 3.8) is 0 Å².